The molecule has 1 heterocycles. The Bertz CT molecular complexity index is 489. The van der Waals surface area contributed by atoms with Gasteiger partial charge in [-0.1, -0.05) is 6.92 Å². The number of alkyl halides is 2. The first-order chi connectivity index (χ1) is 9.52. The van der Waals surface area contributed by atoms with Gasteiger partial charge in [-0.3, -0.25) is 10.1 Å². The topological polar surface area (TPSA) is 49.6 Å². The third kappa shape index (κ3) is 3.04. The van der Waals surface area contributed by atoms with Gasteiger partial charge in [0.05, 0.1) is 4.92 Å². The molecular weight excluding hydrogens is 268 g/mol. The molecule has 1 aromatic rings. The van der Waals surface area contributed by atoms with Crippen LogP contribution in [0.4, 0.5) is 20.2 Å². The molecule has 1 aliphatic rings. The van der Waals surface area contributed by atoms with E-state index in [0.717, 1.165) is 25.7 Å². The number of hydrogen-bond acceptors (Lipinski definition) is 4. The van der Waals surface area contributed by atoms with Crippen LogP contribution in [-0.4, -0.2) is 42.5 Å². The smallest absolute Gasteiger partial charge is 0.270 e. The third-order valence-electron chi connectivity index (χ3n) is 3.62. The number of piperazine rings is 1. The molecule has 2 rings (SSSR count). The summed E-state index contributed by atoms with van der Waals surface area (Å²) in [5.74, 6) is 0. The van der Waals surface area contributed by atoms with Crippen LogP contribution < -0.4 is 4.90 Å². The zero-order valence-corrected chi connectivity index (χ0v) is 11.3. The Morgan fingerprint density at radius 2 is 1.95 bits per heavy atom. The maximum absolute atomic E-state index is 13.1. The van der Waals surface area contributed by atoms with Crippen molar-refractivity contribution in [1.82, 2.24) is 4.90 Å². The van der Waals surface area contributed by atoms with Crippen LogP contribution in [0.15, 0.2) is 18.2 Å². The summed E-state index contributed by atoms with van der Waals surface area (Å²) in [5, 5.41) is 10.7. The van der Waals surface area contributed by atoms with Crippen LogP contribution in [0.5, 0.6) is 0 Å². The number of nitro groups is 1. The van der Waals surface area contributed by atoms with Crippen LogP contribution in [0.1, 0.15) is 18.9 Å². The lowest BCUT2D eigenvalue weighted by Gasteiger charge is -2.36. The lowest BCUT2D eigenvalue weighted by atomic mass is 10.1. The van der Waals surface area contributed by atoms with E-state index in [1.54, 1.807) is 0 Å². The number of rotatable bonds is 4. The molecule has 5 nitrogen and oxygen atoms in total. The summed E-state index contributed by atoms with van der Waals surface area (Å²) in [6.07, 6.45) is -2.71. The Balaban J connectivity index is 2.25. The molecule has 20 heavy (non-hydrogen) atoms. The van der Waals surface area contributed by atoms with E-state index in [9.17, 15) is 18.9 Å². The van der Waals surface area contributed by atoms with E-state index in [2.05, 4.69) is 11.8 Å². The Morgan fingerprint density at radius 1 is 1.30 bits per heavy atom. The van der Waals surface area contributed by atoms with Gasteiger partial charge in [0.1, 0.15) is 0 Å². The second-order valence-corrected chi connectivity index (χ2v) is 4.72. The first-order valence-electron chi connectivity index (χ1n) is 6.56. The van der Waals surface area contributed by atoms with E-state index in [1.165, 1.54) is 12.1 Å². The zero-order chi connectivity index (χ0) is 14.7. The molecule has 0 saturated carbocycles. The molecular formula is C13H17F2N3O2. The third-order valence-corrected chi connectivity index (χ3v) is 3.62. The molecule has 0 spiro atoms. The number of hydrogen-bond donors (Lipinski definition) is 0. The minimum absolute atomic E-state index is 0.260. The van der Waals surface area contributed by atoms with E-state index >= 15 is 0 Å². The predicted octanol–water partition coefficient (Wildman–Crippen LogP) is 2.67. The van der Waals surface area contributed by atoms with E-state index in [0.29, 0.717) is 18.8 Å². The maximum atomic E-state index is 13.1. The van der Waals surface area contributed by atoms with Crippen molar-refractivity contribution in [3.05, 3.63) is 33.9 Å². The largest absolute Gasteiger partial charge is 0.369 e. The molecule has 0 unspecified atom stereocenters. The molecule has 110 valence electrons. The monoisotopic (exact) mass is 285 g/mol. The van der Waals surface area contributed by atoms with Gasteiger partial charge in [-0.25, -0.2) is 8.78 Å². The Morgan fingerprint density at radius 3 is 2.45 bits per heavy atom. The normalized spacial score (nSPS) is 16.7. The number of non-ortho nitro benzene ring substituents is 1. The van der Waals surface area contributed by atoms with E-state index in [1.807, 2.05) is 4.90 Å². The SMILES string of the molecule is CCN1CCN(c2ccc([N+](=O)[O-])cc2C(F)F)CC1. The second kappa shape index (κ2) is 6.13. The molecule has 0 N–H and O–H groups in total. The zero-order valence-electron chi connectivity index (χ0n) is 11.3. The van der Waals surface area contributed by atoms with Gasteiger partial charge >= 0.3 is 0 Å². The van der Waals surface area contributed by atoms with Crippen molar-refractivity contribution in [3.8, 4) is 0 Å². The standard InChI is InChI=1S/C13H17F2N3O2/c1-2-16-5-7-17(8-6-16)12-4-3-10(18(19)20)9-11(12)13(14)15/h3-4,9,13H,2,5-8H2,1H3. The summed E-state index contributed by atoms with van der Waals surface area (Å²) in [5.41, 5.74) is -0.151. The maximum Gasteiger partial charge on any atom is 0.270 e. The summed E-state index contributed by atoms with van der Waals surface area (Å²) in [6.45, 7) is 5.95. The van der Waals surface area contributed by atoms with Gasteiger partial charge in [0.25, 0.3) is 12.1 Å². The number of halogens is 2. The molecule has 7 heteroatoms. The highest BCUT2D eigenvalue weighted by Gasteiger charge is 2.23. The molecule has 0 radical (unpaired) electrons. The molecule has 0 aromatic heterocycles. The molecule has 0 amide bonds. The molecule has 0 bridgehead atoms. The van der Waals surface area contributed by atoms with Crippen molar-refractivity contribution in [3.63, 3.8) is 0 Å². The van der Waals surface area contributed by atoms with Gasteiger partial charge in [-0.15, -0.1) is 0 Å². The van der Waals surface area contributed by atoms with Crippen molar-refractivity contribution >= 4 is 11.4 Å². The average Bonchev–Trinajstić information content (AvgIpc) is 2.46. The fraction of sp³-hybridized carbons (Fsp3) is 0.538. The van der Waals surface area contributed by atoms with Crippen LogP contribution in [0, 0.1) is 10.1 Å². The number of anilines is 1. The van der Waals surface area contributed by atoms with Gasteiger partial charge in [0.2, 0.25) is 0 Å². The van der Waals surface area contributed by atoms with Gasteiger partial charge in [0.15, 0.2) is 0 Å². The Labute approximate surface area is 115 Å². The van der Waals surface area contributed by atoms with E-state index in [-0.39, 0.29) is 11.3 Å². The number of benzene rings is 1. The highest BCUT2D eigenvalue weighted by atomic mass is 19.3. The number of nitrogens with zero attached hydrogens (tertiary/aromatic N) is 3. The van der Waals surface area contributed by atoms with Gasteiger partial charge in [-0.05, 0) is 12.6 Å². The lowest BCUT2D eigenvalue weighted by molar-refractivity contribution is -0.385. The Hall–Kier alpha value is -1.76. The minimum Gasteiger partial charge on any atom is -0.369 e. The van der Waals surface area contributed by atoms with E-state index in [4.69, 9.17) is 0 Å². The summed E-state index contributed by atoms with van der Waals surface area (Å²) in [4.78, 5) is 14.1. The molecule has 0 atom stereocenters. The molecule has 1 saturated heterocycles. The van der Waals surface area contributed by atoms with Crippen LogP contribution in [0.2, 0.25) is 0 Å². The molecule has 1 fully saturated rings. The summed E-state index contributed by atoms with van der Waals surface area (Å²) in [7, 11) is 0. The Kier molecular flexibility index (Phi) is 4.49. The van der Waals surface area contributed by atoms with Gasteiger partial charge < -0.3 is 9.80 Å². The van der Waals surface area contributed by atoms with E-state index < -0.39 is 11.3 Å². The molecule has 1 aliphatic heterocycles. The fourth-order valence-electron chi connectivity index (χ4n) is 2.42. The summed E-state index contributed by atoms with van der Waals surface area (Å²) >= 11 is 0. The highest BCUT2D eigenvalue weighted by Crippen LogP contribution is 2.33. The van der Waals surface area contributed by atoms with Crippen LogP contribution >= 0.6 is 0 Å². The first-order valence-corrected chi connectivity index (χ1v) is 6.56. The van der Waals surface area contributed by atoms with Crippen molar-refractivity contribution in [2.45, 2.75) is 13.3 Å². The van der Waals surface area contributed by atoms with Gasteiger partial charge in [-0.2, -0.15) is 0 Å². The lowest BCUT2D eigenvalue weighted by Crippen LogP contribution is -2.46. The fourth-order valence-corrected chi connectivity index (χ4v) is 2.42. The summed E-state index contributed by atoms with van der Waals surface area (Å²) < 4.78 is 26.2. The number of likely N-dealkylation sites (N-methyl/N-ethyl adjacent to an activating group) is 1. The van der Waals surface area contributed by atoms with Crippen molar-refractivity contribution in [1.29, 1.82) is 0 Å². The number of nitro benzene ring substituents is 1. The quantitative estimate of drug-likeness (QED) is 0.630. The predicted molar refractivity (Wildman–Crippen MR) is 72.4 cm³/mol. The van der Waals surface area contributed by atoms with Crippen LogP contribution in [-0.2, 0) is 0 Å². The summed E-state index contributed by atoms with van der Waals surface area (Å²) in [6, 6.07) is 3.70. The molecule has 1 aromatic carbocycles. The van der Waals surface area contributed by atoms with Crippen molar-refractivity contribution in [2.24, 2.45) is 0 Å². The van der Waals surface area contributed by atoms with Crippen molar-refractivity contribution in [2.75, 3.05) is 37.6 Å². The average molecular weight is 285 g/mol. The first kappa shape index (κ1) is 14.6. The highest BCUT2D eigenvalue weighted by molar-refractivity contribution is 5.58. The van der Waals surface area contributed by atoms with Gasteiger partial charge in [0, 0.05) is 49.6 Å². The molecule has 0 aliphatic carbocycles. The van der Waals surface area contributed by atoms with Crippen molar-refractivity contribution < 1.29 is 13.7 Å². The minimum atomic E-state index is -2.71. The second-order valence-electron chi connectivity index (χ2n) is 4.72. The van der Waals surface area contributed by atoms with Crippen LogP contribution in [0.25, 0.3) is 0 Å². The van der Waals surface area contributed by atoms with Crippen LogP contribution in [0.3, 0.4) is 0 Å².